The van der Waals surface area contributed by atoms with Gasteiger partial charge in [0.25, 0.3) is 5.91 Å². The molecule has 156 valence electrons. The molecule has 0 radical (unpaired) electrons. The van der Waals surface area contributed by atoms with Gasteiger partial charge in [0.15, 0.2) is 11.6 Å². The molecule has 0 bridgehead atoms. The predicted octanol–water partition coefficient (Wildman–Crippen LogP) is 2.93. The summed E-state index contributed by atoms with van der Waals surface area (Å²) in [5.74, 6) is -1.19. The van der Waals surface area contributed by atoms with E-state index in [1.807, 2.05) is 36.5 Å². The number of nitrogens with one attached hydrogen (secondary N) is 2. The highest BCUT2D eigenvalue weighted by Crippen LogP contribution is 2.27. The molecule has 6 N–H and O–H groups in total. The molecule has 0 saturated heterocycles. The van der Waals surface area contributed by atoms with Crippen molar-refractivity contribution < 1.29 is 9.18 Å². The van der Waals surface area contributed by atoms with Crippen LogP contribution in [0.2, 0.25) is 0 Å². The third kappa shape index (κ3) is 4.25. The van der Waals surface area contributed by atoms with E-state index in [-0.39, 0.29) is 29.3 Å². The van der Waals surface area contributed by atoms with Crippen LogP contribution in [0.5, 0.6) is 0 Å². The molecule has 1 amide bonds. The Morgan fingerprint density at radius 2 is 2.00 bits per heavy atom. The van der Waals surface area contributed by atoms with Crippen molar-refractivity contribution >= 4 is 23.2 Å². The van der Waals surface area contributed by atoms with E-state index in [0.717, 1.165) is 37.4 Å². The number of nitrogens with two attached hydrogens (primary N) is 2. The van der Waals surface area contributed by atoms with Crippen LogP contribution in [0, 0.1) is 5.82 Å². The van der Waals surface area contributed by atoms with Gasteiger partial charge in [0.05, 0.1) is 11.3 Å². The Morgan fingerprint density at radius 1 is 1.17 bits per heavy atom. The number of benzene rings is 1. The summed E-state index contributed by atoms with van der Waals surface area (Å²) in [7, 11) is 0. The van der Waals surface area contributed by atoms with Crippen LogP contribution >= 0.6 is 0 Å². The number of primary amides is 1. The molecule has 0 spiro atoms. The molecule has 0 aliphatic heterocycles. The molecule has 2 atom stereocenters. The molecule has 1 aliphatic carbocycles. The molecule has 1 aliphatic rings. The van der Waals surface area contributed by atoms with Gasteiger partial charge in [-0.2, -0.15) is 5.10 Å². The number of hydrogen-bond donors (Lipinski definition) is 4. The van der Waals surface area contributed by atoms with Gasteiger partial charge in [-0.3, -0.25) is 4.79 Å². The summed E-state index contributed by atoms with van der Waals surface area (Å²) in [5.41, 5.74) is 13.1. The molecule has 3 aromatic rings. The topological polar surface area (TPSA) is 124 Å². The predicted molar refractivity (Wildman–Crippen MR) is 113 cm³/mol. The summed E-state index contributed by atoms with van der Waals surface area (Å²) in [6, 6.07) is 10.2. The monoisotopic (exact) mass is 409 g/mol. The lowest BCUT2D eigenvalue weighted by atomic mass is 9.91. The average molecular weight is 409 g/mol. The first-order valence-corrected chi connectivity index (χ1v) is 9.91. The van der Waals surface area contributed by atoms with Crippen molar-refractivity contribution in [1.82, 2.24) is 14.8 Å². The summed E-state index contributed by atoms with van der Waals surface area (Å²) >= 11 is 0. The molecule has 2 aromatic heterocycles. The van der Waals surface area contributed by atoms with Gasteiger partial charge in [0.1, 0.15) is 5.82 Å². The summed E-state index contributed by atoms with van der Waals surface area (Å²) in [5, 5.41) is 10.4. The summed E-state index contributed by atoms with van der Waals surface area (Å²) in [4.78, 5) is 16.2. The highest BCUT2D eigenvalue weighted by atomic mass is 19.1. The lowest BCUT2D eigenvalue weighted by Crippen LogP contribution is -2.43. The van der Waals surface area contributed by atoms with Crippen molar-refractivity contribution in [3.63, 3.8) is 0 Å². The highest BCUT2D eigenvalue weighted by Gasteiger charge is 2.24. The minimum Gasteiger partial charge on any atom is -0.365 e. The third-order valence-corrected chi connectivity index (χ3v) is 5.26. The van der Waals surface area contributed by atoms with Crippen LogP contribution < -0.4 is 22.1 Å². The highest BCUT2D eigenvalue weighted by molar-refractivity contribution is 5.98. The number of nitrogens with zero attached hydrogens (tertiary/aromatic N) is 3. The first kappa shape index (κ1) is 19.8. The van der Waals surface area contributed by atoms with Crippen molar-refractivity contribution in [2.24, 2.45) is 11.5 Å². The number of carbonyl (C=O) groups excluding carboxylic acids is 1. The Kier molecular flexibility index (Phi) is 5.62. The van der Waals surface area contributed by atoms with Gasteiger partial charge < -0.3 is 22.1 Å². The van der Waals surface area contributed by atoms with Crippen molar-refractivity contribution in [2.75, 3.05) is 10.6 Å². The summed E-state index contributed by atoms with van der Waals surface area (Å²) in [6.07, 6.45) is 7.31. The standard InChI is InChI=1S/C21H24FN7O/c22-16-12-15(19(24)30)20(28-21(16)27-18-8-2-1-7-17(18)23)26-13-5-3-6-14(11-13)29-10-4-9-25-29/h3-6,9-12,17-18H,1-2,7-8,23H2,(H2,24,30)(H2,26,27,28). The van der Waals surface area contributed by atoms with Crippen LogP contribution in [0.3, 0.4) is 0 Å². The van der Waals surface area contributed by atoms with E-state index in [9.17, 15) is 9.18 Å². The average Bonchev–Trinajstić information content (AvgIpc) is 3.27. The molecule has 2 unspecified atom stereocenters. The van der Waals surface area contributed by atoms with E-state index >= 15 is 0 Å². The minimum absolute atomic E-state index is 0.0320. The normalized spacial score (nSPS) is 18.7. The summed E-state index contributed by atoms with van der Waals surface area (Å²) < 4.78 is 16.4. The Balaban J connectivity index is 1.64. The molecule has 30 heavy (non-hydrogen) atoms. The molecule has 1 aromatic carbocycles. The summed E-state index contributed by atoms with van der Waals surface area (Å²) in [6.45, 7) is 0. The zero-order valence-electron chi connectivity index (χ0n) is 16.4. The third-order valence-electron chi connectivity index (χ3n) is 5.26. The number of pyridine rings is 1. The quantitative estimate of drug-likeness (QED) is 0.496. The number of hydrogen-bond acceptors (Lipinski definition) is 6. The Labute approximate surface area is 173 Å². The number of carbonyl (C=O) groups is 1. The van der Waals surface area contributed by atoms with Crippen LogP contribution in [-0.2, 0) is 0 Å². The Morgan fingerprint density at radius 3 is 2.73 bits per heavy atom. The smallest absolute Gasteiger partial charge is 0.252 e. The van der Waals surface area contributed by atoms with Crippen molar-refractivity contribution in [3.8, 4) is 5.69 Å². The van der Waals surface area contributed by atoms with E-state index in [1.54, 1.807) is 10.9 Å². The molecule has 8 nitrogen and oxygen atoms in total. The van der Waals surface area contributed by atoms with E-state index in [2.05, 4.69) is 20.7 Å². The fourth-order valence-electron chi connectivity index (χ4n) is 3.67. The maximum absolute atomic E-state index is 14.6. The zero-order valence-corrected chi connectivity index (χ0v) is 16.4. The SMILES string of the molecule is NC(=O)c1cc(F)c(NC2CCCCC2N)nc1Nc1cccc(-n2cccn2)c1. The van der Waals surface area contributed by atoms with Gasteiger partial charge in [-0.05, 0) is 43.2 Å². The largest absolute Gasteiger partial charge is 0.365 e. The first-order chi connectivity index (χ1) is 14.5. The maximum Gasteiger partial charge on any atom is 0.252 e. The second-order valence-corrected chi connectivity index (χ2v) is 7.40. The number of rotatable bonds is 6. The van der Waals surface area contributed by atoms with Gasteiger partial charge in [-0.25, -0.2) is 14.1 Å². The first-order valence-electron chi connectivity index (χ1n) is 9.91. The molecular formula is C21H24FN7O. The van der Waals surface area contributed by atoms with Crippen LogP contribution in [0.25, 0.3) is 5.69 Å². The Bertz CT molecular complexity index is 1040. The van der Waals surface area contributed by atoms with Crippen LogP contribution in [0.15, 0.2) is 48.8 Å². The van der Waals surface area contributed by atoms with Crippen LogP contribution in [-0.4, -0.2) is 32.8 Å². The number of anilines is 3. The lowest BCUT2D eigenvalue weighted by Gasteiger charge is -2.30. The molecule has 2 heterocycles. The Hall–Kier alpha value is -3.46. The van der Waals surface area contributed by atoms with Crippen LogP contribution in [0.4, 0.5) is 21.7 Å². The van der Waals surface area contributed by atoms with E-state index < -0.39 is 11.7 Å². The van der Waals surface area contributed by atoms with E-state index in [4.69, 9.17) is 11.5 Å². The van der Waals surface area contributed by atoms with Crippen LogP contribution in [0.1, 0.15) is 36.0 Å². The molecule has 1 saturated carbocycles. The fraction of sp³-hybridized carbons (Fsp3) is 0.286. The van der Waals surface area contributed by atoms with Crippen molar-refractivity contribution in [1.29, 1.82) is 0 Å². The number of halogens is 1. The van der Waals surface area contributed by atoms with Gasteiger partial charge >= 0.3 is 0 Å². The zero-order chi connectivity index (χ0) is 21.1. The van der Waals surface area contributed by atoms with Gasteiger partial charge in [-0.15, -0.1) is 0 Å². The minimum atomic E-state index is -0.770. The number of aromatic nitrogens is 3. The second kappa shape index (κ2) is 8.50. The second-order valence-electron chi connectivity index (χ2n) is 7.40. The van der Waals surface area contributed by atoms with E-state index in [1.165, 1.54) is 0 Å². The van der Waals surface area contributed by atoms with Crippen molar-refractivity contribution in [3.05, 3.63) is 60.2 Å². The van der Waals surface area contributed by atoms with E-state index in [0.29, 0.717) is 5.69 Å². The van der Waals surface area contributed by atoms with Gasteiger partial charge in [-0.1, -0.05) is 18.9 Å². The number of amides is 1. The fourth-order valence-corrected chi connectivity index (χ4v) is 3.67. The maximum atomic E-state index is 14.6. The molecule has 9 heteroatoms. The molecule has 1 fully saturated rings. The molecule has 4 rings (SSSR count). The molecular weight excluding hydrogens is 385 g/mol. The van der Waals surface area contributed by atoms with Crippen molar-refractivity contribution in [2.45, 2.75) is 37.8 Å². The van der Waals surface area contributed by atoms with Gasteiger partial charge in [0.2, 0.25) is 0 Å². The van der Waals surface area contributed by atoms with Gasteiger partial charge in [0, 0.05) is 30.2 Å². The lowest BCUT2D eigenvalue weighted by molar-refractivity contribution is 0.100.